The van der Waals surface area contributed by atoms with Crippen LogP contribution in [0.25, 0.3) is 0 Å². The Morgan fingerprint density at radius 2 is 2.00 bits per heavy atom. The predicted octanol–water partition coefficient (Wildman–Crippen LogP) is 1.92. The molecule has 1 aromatic carbocycles. The second-order valence-electron chi connectivity index (χ2n) is 7.02. The number of H-pyrrole nitrogens is 1. The van der Waals surface area contributed by atoms with Crippen molar-refractivity contribution in [3.8, 4) is 0 Å². The largest absolute Gasteiger partial charge is 0.355 e. The van der Waals surface area contributed by atoms with E-state index in [1.54, 1.807) is 0 Å². The minimum absolute atomic E-state index is 0.0000104. The molecule has 1 atom stereocenters. The van der Waals surface area contributed by atoms with Gasteiger partial charge in [-0.15, -0.1) is 10.2 Å². The molecular formula is C17H23N5O. The number of tetrazole rings is 1. The van der Waals surface area contributed by atoms with Gasteiger partial charge in [-0.05, 0) is 30.7 Å². The van der Waals surface area contributed by atoms with Crippen molar-refractivity contribution in [2.75, 3.05) is 6.54 Å². The molecule has 6 nitrogen and oxygen atoms in total. The Morgan fingerprint density at radius 3 is 2.57 bits per heavy atom. The number of aryl methyl sites for hydroxylation is 2. The number of nitrogens with one attached hydrogen (secondary N) is 2. The van der Waals surface area contributed by atoms with E-state index in [-0.39, 0.29) is 11.3 Å². The van der Waals surface area contributed by atoms with Crippen molar-refractivity contribution < 1.29 is 4.79 Å². The Labute approximate surface area is 136 Å². The van der Waals surface area contributed by atoms with Crippen LogP contribution < -0.4 is 5.32 Å². The predicted molar refractivity (Wildman–Crippen MR) is 86.8 cm³/mol. The fourth-order valence-corrected chi connectivity index (χ4v) is 3.36. The van der Waals surface area contributed by atoms with Gasteiger partial charge in [-0.2, -0.15) is 5.21 Å². The number of benzene rings is 1. The highest BCUT2D eigenvalue weighted by molar-refractivity contribution is 5.93. The van der Waals surface area contributed by atoms with Crippen LogP contribution in [0.5, 0.6) is 0 Å². The molecule has 6 heteroatoms. The van der Waals surface area contributed by atoms with Gasteiger partial charge in [-0.1, -0.05) is 48.9 Å². The Bertz CT molecular complexity index is 678. The third-order valence-corrected chi connectivity index (χ3v) is 4.92. The van der Waals surface area contributed by atoms with Crippen LogP contribution in [-0.4, -0.2) is 33.1 Å². The van der Waals surface area contributed by atoms with Crippen molar-refractivity contribution in [3.05, 3.63) is 41.2 Å². The Kier molecular flexibility index (Phi) is 3.92. The van der Waals surface area contributed by atoms with E-state index in [4.69, 9.17) is 0 Å². The highest BCUT2D eigenvalue weighted by atomic mass is 16.2. The standard InChI is InChI=1S/C17H23N5O/c1-12-6-8-13(9-7-12)17(11-16(17,2)3)15(23)18-10-4-5-14-19-21-22-20-14/h6-9H,4-5,10-11H2,1-3H3,(H,18,23)(H,19,20,21,22). The lowest BCUT2D eigenvalue weighted by Gasteiger charge is -2.21. The van der Waals surface area contributed by atoms with E-state index in [2.05, 4.69) is 71.0 Å². The first-order valence-corrected chi connectivity index (χ1v) is 8.03. The first-order chi connectivity index (χ1) is 11.0. The summed E-state index contributed by atoms with van der Waals surface area (Å²) in [6, 6.07) is 8.33. The number of aromatic nitrogens is 4. The summed E-state index contributed by atoms with van der Waals surface area (Å²) in [5.41, 5.74) is 1.93. The van der Waals surface area contributed by atoms with Gasteiger partial charge in [0.15, 0.2) is 5.82 Å². The number of hydrogen-bond donors (Lipinski definition) is 2. The SMILES string of the molecule is Cc1ccc(C2(C(=O)NCCCc3nn[nH]n3)CC2(C)C)cc1. The third kappa shape index (κ3) is 2.85. The van der Waals surface area contributed by atoms with Crippen LogP contribution in [0.3, 0.4) is 0 Å². The van der Waals surface area contributed by atoms with Crippen molar-refractivity contribution in [1.82, 2.24) is 25.9 Å². The number of nitrogens with zero attached hydrogens (tertiary/aromatic N) is 3. The van der Waals surface area contributed by atoms with Crippen molar-refractivity contribution in [3.63, 3.8) is 0 Å². The van der Waals surface area contributed by atoms with Gasteiger partial charge in [0.2, 0.25) is 5.91 Å². The Hall–Kier alpha value is -2.24. The summed E-state index contributed by atoms with van der Waals surface area (Å²) in [5, 5.41) is 16.9. The van der Waals surface area contributed by atoms with Gasteiger partial charge < -0.3 is 5.32 Å². The zero-order valence-corrected chi connectivity index (χ0v) is 13.9. The number of carbonyl (C=O) groups is 1. The van der Waals surface area contributed by atoms with Crippen molar-refractivity contribution >= 4 is 5.91 Å². The zero-order valence-electron chi connectivity index (χ0n) is 13.9. The molecule has 23 heavy (non-hydrogen) atoms. The first-order valence-electron chi connectivity index (χ1n) is 8.03. The van der Waals surface area contributed by atoms with Gasteiger partial charge in [0.25, 0.3) is 0 Å². The lowest BCUT2D eigenvalue weighted by atomic mass is 9.86. The molecule has 1 heterocycles. The minimum atomic E-state index is -0.396. The summed E-state index contributed by atoms with van der Waals surface area (Å²) < 4.78 is 0. The lowest BCUT2D eigenvalue weighted by molar-refractivity contribution is -0.124. The van der Waals surface area contributed by atoms with E-state index in [9.17, 15) is 4.79 Å². The van der Waals surface area contributed by atoms with Gasteiger partial charge in [0.1, 0.15) is 0 Å². The molecule has 1 unspecified atom stereocenters. The maximum Gasteiger partial charge on any atom is 0.231 e. The van der Waals surface area contributed by atoms with Gasteiger partial charge in [-0.3, -0.25) is 4.79 Å². The van der Waals surface area contributed by atoms with E-state index < -0.39 is 5.41 Å². The number of carbonyl (C=O) groups excluding carboxylic acids is 1. The average molecular weight is 313 g/mol. The summed E-state index contributed by atoms with van der Waals surface area (Å²) in [6.07, 6.45) is 2.40. The molecule has 1 saturated carbocycles. The molecule has 2 N–H and O–H groups in total. The van der Waals surface area contributed by atoms with E-state index in [0.717, 1.165) is 18.4 Å². The maximum absolute atomic E-state index is 12.8. The fourth-order valence-electron chi connectivity index (χ4n) is 3.36. The molecule has 0 radical (unpaired) electrons. The molecule has 1 aromatic heterocycles. The molecule has 3 rings (SSSR count). The summed E-state index contributed by atoms with van der Waals surface area (Å²) in [5.74, 6) is 0.804. The molecule has 0 spiro atoms. The molecule has 0 saturated heterocycles. The van der Waals surface area contributed by atoms with E-state index in [0.29, 0.717) is 18.8 Å². The van der Waals surface area contributed by atoms with Crippen molar-refractivity contribution in [2.24, 2.45) is 5.41 Å². The molecule has 1 aliphatic rings. The molecule has 122 valence electrons. The lowest BCUT2D eigenvalue weighted by Crippen LogP contribution is -2.38. The molecule has 1 fully saturated rings. The molecule has 1 aliphatic carbocycles. The van der Waals surface area contributed by atoms with Crippen LogP contribution in [0.15, 0.2) is 24.3 Å². The summed E-state index contributed by atoms with van der Waals surface area (Å²) in [6.45, 7) is 7.00. The van der Waals surface area contributed by atoms with Crippen LogP contribution in [0.1, 0.15) is 43.6 Å². The minimum Gasteiger partial charge on any atom is -0.355 e. The second-order valence-corrected chi connectivity index (χ2v) is 7.02. The van der Waals surface area contributed by atoms with Crippen LogP contribution in [-0.2, 0) is 16.6 Å². The third-order valence-electron chi connectivity index (χ3n) is 4.92. The first kappa shape index (κ1) is 15.6. The molecular weight excluding hydrogens is 290 g/mol. The van der Waals surface area contributed by atoms with E-state index >= 15 is 0 Å². The average Bonchev–Trinajstić information content (AvgIpc) is 2.88. The number of amides is 1. The fraction of sp³-hybridized carbons (Fsp3) is 0.529. The van der Waals surface area contributed by atoms with Gasteiger partial charge in [0, 0.05) is 13.0 Å². The number of rotatable bonds is 6. The van der Waals surface area contributed by atoms with E-state index in [1.807, 2.05) is 0 Å². The van der Waals surface area contributed by atoms with Crippen molar-refractivity contribution in [2.45, 2.75) is 45.4 Å². The summed E-state index contributed by atoms with van der Waals surface area (Å²) >= 11 is 0. The van der Waals surface area contributed by atoms with Gasteiger partial charge in [0.05, 0.1) is 5.41 Å². The molecule has 1 amide bonds. The topological polar surface area (TPSA) is 83.6 Å². The Morgan fingerprint density at radius 1 is 1.30 bits per heavy atom. The molecule has 0 bridgehead atoms. The highest BCUT2D eigenvalue weighted by Gasteiger charge is 2.66. The number of aromatic amines is 1. The number of hydrogen-bond acceptors (Lipinski definition) is 4. The quantitative estimate of drug-likeness (QED) is 0.798. The maximum atomic E-state index is 12.8. The Balaban J connectivity index is 1.62. The second kappa shape index (κ2) is 5.76. The van der Waals surface area contributed by atoms with Crippen LogP contribution in [0, 0.1) is 12.3 Å². The van der Waals surface area contributed by atoms with Crippen LogP contribution >= 0.6 is 0 Å². The summed E-state index contributed by atoms with van der Waals surface area (Å²) in [7, 11) is 0. The monoisotopic (exact) mass is 313 g/mol. The van der Waals surface area contributed by atoms with Gasteiger partial charge >= 0.3 is 0 Å². The molecule has 2 aromatic rings. The van der Waals surface area contributed by atoms with Crippen LogP contribution in [0.4, 0.5) is 0 Å². The summed E-state index contributed by atoms with van der Waals surface area (Å²) in [4.78, 5) is 12.8. The normalized spacial score (nSPS) is 21.9. The molecule has 0 aliphatic heterocycles. The van der Waals surface area contributed by atoms with Crippen molar-refractivity contribution in [1.29, 1.82) is 0 Å². The smallest absolute Gasteiger partial charge is 0.231 e. The van der Waals surface area contributed by atoms with Gasteiger partial charge in [-0.25, -0.2) is 0 Å². The highest BCUT2D eigenvalue weighted by Crippen LogP contribution is 2.64. The zero-order chi connectivity index (χ0) is 16.5. The van der Waals surface area contributed by atoms with Crippen LogP contribution in [0.2, 0.25) is 0 Å². The van der Waals surface area contributed by atoms with E-state index in [1.165, 1.54) is 5.56 Å².